The van der Waals surface area contributed by atoms with E-state index in [4.69, 9.17) is 0 Å². The van der Waals surface area contributed by atoms with Crippen LogP contribution in [0, 0.1) is 11.8 Å². The molecule has 0 heterocycles. The van der Waals surface area contributed by atoms with E-state index < -0.39 is 16.1 Å². The first-order valence-corrected chi connectivity index (χ1v) is 8.60. The highest BCUT2D eigenvalue weighted by Crippen LogP contribution is 2.32. The first kappa shape index (κ1) is 15.5. The average molecular weight is 297 g/mol. The third-order valence-corrected chi connectivity index (χ3v) is 5.91. The molecule has 1 aromatic carbocycles. The smallest absolute Gasteiger partial charge is 0.240 e. The van der Waals surface area contributed by atoms with Crippen LogP contribution >= 0.6 is 0 Å². The Kier molecular flexibility index (Phi) is 4.52. The Bertz CT molecular complexity index is 568. The van der Waals surface area contributed by atoms with Crippen LogP contribution < -0.4 is 4.72 Å². The third-order valence-electron chi connectivity index (χ3n) is 4.42. The van der Waals surface area contributed by atoms with Gasteiger partial charge < -0.3 is 5.11 Å². The van der Waals surface area contributed by atoms with Gasteiger partial charge in [-0.3, -0.25) is 0 Å². The molecule has 0 amide bonds. The van der Waals surface area contributed by atoms with Gasteiger partial charge in [-0.25, -0.2) is 13.1 Å². The van der Waals surface area contributed by atoms with Crippen molar-refractivity contribution in [2.75, 3.05) is 0 Å². The lowest BCUT2D eigenvalue weighted by atomic mass is 9.98. The predicted octanol–water partition coefficient (Wildman–Crippen LogP) is 2.45. The molecule has 1 aliphatic rings. The van der Waals surface area contributed by atoms with E-state index in [0.717, 1.165) is 12.8 Å². The SMILES string of the molecule is CC(O)c1cccc(S(=O)(=O)NC2CCC(C)C2C)c1. The zero-order valence-corrected chi connectivity index (χ0v) is 13.0. The molecule has 0 bridgehead atoms. The summed E-state index contributed by atoms with van der Waals surface area (Å²) in [5.74, 6) is 0.899. The Morgan fingerprint density at radius 1 is 1.30 bits per heavy atom. The van der Waals surface area contributed by atoms with Crippen molar-refractivity contribution in [3.63, 3.8) is 0 Å². The van der Waals surface area contributed by atoms with Gasteiger partial charge in [0.05, 0.1) is 11.0 Å². The number of hydrogen-bond acceptors (Lipinski definition) is 3. The molecule has 1 aromatic rings. The van der Waals surface area contributed by atoms with Crippen molar-refractivity contribution in [2.45, 2.75) is 50.7 Å². The van der Waals surface area contributed by atoms with Gasteiger partial charge in [0.15, 0.2) is 0 Å². The van der Waals surface area contributed by atoms with Gasteiger partial charge in [0.25, 0.3) is 0 Å². The van der Waals surface area contributed by atoms with Crippen LogP contribution in [-0.2, 0) is 10.0 Å². The highest BCUT2D eigenvalue weighted by Gasteiger charge is 2.33. The Balaban J connectivity index is 2.20. The van der Waals surface area contributed by atoms with Crippen molar-refractivity contribution in [2.24, 2.45) is 11.8 Å². The second-order valence-corrected chi connectivity index (χ2v) is 7.60. The van der Waals surface area contributed by atoms with Crippen LogP contribution in [0.1, 0.15) is 45.3 Å². The molecule has 2 N–H and O–H groups in total. The van der Waals surface area contributed by atoms with Crippen LogP contribution in [0.25, 0.3) is 0 Å². The molecule has 1 aliphatic carbocycles. The van der Waals surface area contributed by atoms with Crippen LogP contribution in [0.4, 0.5) is 0 Å². The molecule has 5 heteroatoms. The molecule has 0 radical (unpaired) electrons. The molecule has 0 spiro atoms. The summed E-state index contributed by atoms with van der Waals surface area (Å²) in [4.78, 5) is 0.225. The maximum atomic E-state index is 12.4. The normalized spacial score (nSPS) is 28.5. The lowest BCUT2D eigenvalue weighted by Crippen LogP contribution is -2.37. The molecule has 20 heavy (non-hydrogen) atoms. The van der Waals surface area contributed by atoms with Crippen LogP contribution in [0.2, 0.25) is 0 Å². The maximum absolute atomic E-state index is 12.4. The van der Waals surface area contributed by atoms with Gasteiger partial charge in [0, 0.05) is 6.04 Å². The van der Waals surface area contributed by atoms with E-state index in [-0.39, 0.29) is 10.9 Å². The molecule has 4 nitrogen and oxygen atoms in total. The molecular weight excluding hydrogens is 274 g/mol. The Labute approximate surface area is 121 Å². The maximum Gasteiger partial charge on any atom is 0.240 e. The van der Waals surface area contributed by atoms with E-state index in [0.29, 0.717) is 17.4 Å². The van der Waals surface area contributed by atoms with E-state index in [1.807, 2.05) is 0 Å². The minimum Gasteiger partial charge on any atom is -0.389 e. The number of benzene rings is 1. The van der Waals surface area contributed by atoms with Crippen LogP contribution in [0.5, 0.6) is 0 Å². The van der Waals surface area contributed by atoms with Crippen LogP contribution in [0.3, 0.4) is 0 Å². The summed E-state index contributed by atoms with van der Waals surface area (Å²) < 4.78 is 27.7. The molecule has 1 saturated carbocycles. The van der Waals surface area contributed by atoms with E-state index >= 15 is 0 Å². The second kappa shape index (κ2) is 5.84. The quantitative estimate of drug-likeness (QED) is 0.897. The van der Waals surface area contributed by atoms with Gasteiger partial charge in [0.1, 0.15) is 0 Å². The monoisotopic (exact) mass is 297 g/mol. The van der Waals surface area contributed by atoms with Crippen molar-refractivity contribution < 1.29 is 13.5 Å². The zero-order chi connectivity index (χ0) is 14.9. The number of aliphatic hydroxyl groups is 1. The highest BCUT2D eigenvalue weighted by atomic mass is 32.2. The van der Waals surface area contributed by atoms with Crippen molar-refractivity contribution in [1.29, 1.82) is 0 Å². The fraction of sp³-hybridized carbons (Fsp3) is 0.600. The summed E-state index contributed by atoms with van der Waals surface area (Å²) in [6.45, 7) is 5.88. The Hall–Kier alpha value is -0.910. The summed E-state index contributed by atoms with van der Waals surface area (Å²) in [5.41, 5.74) is 0.612. The fourth-order valence-corrected chi connectivity index (χ4v) is 4.16. The number of sulfonamides is 1. The van der Waals surface area contributed by atoms with Gasteiger partial charge in [0.2, 0.25) is 10.0 Å². The van der Waals surface area contributed by atoms with Crippen molar-refractivity contribution in [3.05, 3.63) is 29.8 Å². The van der Waals surface area contributed by atoms with Crippen molar-refractivity contribution in [1.82, 2.24) is 4.72 Å². The largest absolute Gasteiger partial charge is 0.389 e. The van der Waals surface area contributed by atoms with E-state index in [1.54, 1.807) is 25.1 Å². The van der Waals surface area contributed by atoms with E-state index in [2.05, 4.69) is 18.6 Å². The van der Waals surface area contributed by atoms with Gasteiger partial charge in [-0.15, -0.1) is 0 Å². The molecule has 2 rings (SSSR count). The Morgan fingerprint density at radius 3 is 2.55 bits per heavy atom. The summed E-state index contributed by atoms with van der Waals surface area (Å²) in [6, 6.07) is 6.50. The number of nitrogens with one attached hydrogen (secondary N) is 1. The molecule has 0 aromatic heterocycles. The number of aliphatic hydroxyl groups excluding tert-OH is 1. The number of hydrogen-bond donors (Lipinski definition) is 2. The standard InChI is InChI=1S/C15H23NO3S/c1-10-7-8-15(11(10)2)16-20(18,19)14-6-4-5-13(9-14)12(3)17/h4-6,9-12,15-17H,7-8H2,1-3H3. The summed E-state index contributed by atoms with van der Waals surface area (Å²) in [6.07, 6.45) is 1.27. The lowest BCUT2D eigenvalue weighted by molar-refractivity contribution is 0.199. The second-order valence-electron chi connectivity index (χ2n) is 5.89. The summed E-state index contributed by atoms with van der Waals surface area (Å²) in [7, 11) is -3.52. The van der Waals surface area contributed by atoms with Gasteiger partial charge in [-0.2, -0.15) is 0 Å². The zero-order valence-electron chi connectivity index (χ0n) is 12.2. The fourth-order valence-electron chi connectivity index (χ4n) is 2.74. The van der Waals surface area contributed by atoms with E-state index in [9.17, 15) is 13.5 Å². The van der Waals surface area contributed by atoms with Gasteiger partial charge in [-0.05, 0) is 49.3 Å². The van der Waals surface area contributed by atoms with Gasteiger partial charge in [-0.1, -0.05) is 26.0 Å². The average Bonchev–Trinajstić information content (AvgIpc) is 2.70. The van der Waals surface area contributed by atoms with Crippen molar-refractivity contribution in [3.8, 4) is 0 Å². The summed E-state index contributed by atoms with van der Waals surface area (Å²) in [5, 5.41) is 9.56. The van der Waals surface area contributed by atoms with Crippen LogP contribution in [0.15, 0.2) is 29.2 Å². The first-order chi connectivity index (χ1) is 9.31. The van der Waals surface area contributed by atoms with Crippen LogP contribution in [-0.4, -0.2) is 19.6 Å². The van der Waals surface area contributed by atoms with Crippen molar-refractivity contribution >= 4 is 10.0 Å². The molecular formula is C15H23NO3S. The molecule has 0 aliphatic heterocycles. The first-order valence-electron chi connectivity index (χ1n) is 7.11. The molecule has 112 valence electrons. The predicted molar refractivity (Wildman–Crippen MR) is 78.7 cm³/mol. The molecule has 4 unspecified atom stereocenters. The minimum atomic E-state index is -3.52. The third kappa shape index (κ3) is 3.22. The van der Waals surface area contributed by atoms with E-state index in [1.165, 1.54) is 6.07 Å². The molecule has 4 atom stereocenters. The minimum absolute atomic E-state index is 0.00482. The molecule has 0 saturated heterocycles. The van der Waals surface area contributed by atoms with Gasteiger partial charge >= 0.3 is 0 Å². The Morgan fingerprint density at radius 2 is 2.00 bits per heavy atom. The number of rotatable bonds is 4. The molecule has 1 fully saturated rings. The lowest BCUT2D eigenvalue weighted by Gasteiger charge is -2.20. The topological polar surface area (TPSA) is 66.4 Å². The summed E-state index contributed by atoms with van der Waals surface area (Å²) >= 11 is 0. The highest BCUT2D eigenvalue weighted by molar-refractivity contribution is 7.89.